The van der Waals surface area contributed by atoms with Gasteiger partial charge in [0.15, 0.2) is 11.5 Å². The number of carbonyl (C=O) groups excluding carboxylic acids is 3. The second-order valence-corrected chi connectivity index (χ2v) is 8.23. The van der Waals surface area contributed by atoms with Crippen molar-refractivity contribution in [3.63, 3.8) is 0 Å². The minimum Gasteiger partial charge on any atom is -0.454 e. The molecule has 12 heteroatoms. The number of fused-ring (bicyclic) bond motifs is 1. The molecule has 3 aromatic rings. The maximum atomic E-state index is 12.9. The van der Waals surface area contributed by atoms with Gasteiger partial charge in [0.05, 0.1) is 26.8 Å². The molecular weight excluding hydrogens is 476 g/mol. The summed E-state index contributed by atoms with van der Waals surface area (Å²) in [6, 6.07) is 15.2. The van der Waals surface area contributed by atoms with Gasteiger partial charge in [-0.1, -0.05) is 12.1 Å². The van der Waals surface area contributed by atoms with Gasteiger partial charge in [-0.2, -0.15) is 0 Å². The number of benzene rings is 3. The molecule has 1 aliphatic rings. The van der Waals surface area contributed by atoms with Gasteiger partial charge in [-0.05, 0) is 36.4 Å². The number of rotatable bonds is 8. The second-order valence-electron chi connectivity index (χ2n) is 7.21. The molecule has 0 saturated carbocycles. The number of thioether (sulfide) groups is 1. The smallest absolute Gasteiger partial charge is 0.283 e. The number of para-hydroxylation sites is 1. The Morgan fingerprint density at radius 2 is 1.77 bits per heavy atom. The standard InChI is InChI=1S/C23H18N4O7S/c24-22(29)13-5-8-20(17(9-13)27(31)32)35-11-21(28)26-16-4-2-1-3-15(16)23(30)25-14-6-7-18-19(10-14)34-12-33-18/h1-10H,11-12H2,(H2,24,29)(H,25,30)(H,26,28). The Kier molecular flexibility index (Phi) is 6.83. The summed E-state index contributed by atoms with van der Waals surface area (Å²) in [6.07, 6.45) is 0. The minimum atomic E-state index is -0.793. The van der Waals surface area contributed by atoms with E-state index in [0.717, 1.165) is 17.8 Å². The lowest BCUT2D eigenvalue weighted by atomic mass is 10.1. The molecule has 0 aromatic heterocycles. The van der Waals surface area contributed by atoms with Gasteiger partial charge in [0, 0.05) is 23.4 Å². The average molecular weight is 494 g/mol. The molecule has 4 rings (SSSR count). The van der Waals surface area contributed by atoms with Gasteiger partial charge < -0.3 is 25.8 Å². The van der Waals surface area contributed by atoms with E-state index in [9.17, 15) is 24.5 Å². The summed E-state index contributed by atoms with van der Waals surface area (Å²) >= 11 is 0.919. The fraction of sp³-hybridized carbons (Fsp3) is 0.0870. The van der Waals surface area contributed by atoms with Crippen molar-refractivity contribution in [2.24, 2.45) is 5.73 Å². The molecule has 35 heavy (non-hydrogen) atoms. The number of nitrogens with zero attached hydrogens (tertiary/aromatic N) is 1. The Morgan fingerprint density at radius 1 is 1.00 bits per heavy atom. The van der Waals surface area contributed by atoms with Crippen molar-refractivity contribution in [1.29, 1.82) is 0 Å². The van der Waals surface area contributed by atoms with Crippen LogP contribution in [0.25, 0.3) is 0 Å². The van der Waals surface area contributed by atoms with Crippen LogP contribution in [0.2, 0.25) is 0 Å². The third-order valence-corrected chi connectivity index (χ3v) is 5.94. The van der Waals surface area contributed by atoms with Crippen LogP contribution in [0, 0.1) is 10.1 Å². The fourth-order valence-corrected chi connectivity index (χ4v) is 4.03. The number of anilines is 2. The molecule has 0 aliphatic carbocycles. The van der Waals surface area contributed by atoms with Crippen molar-refractivity contribution in [2.45, 2.75) is 4.90 Å². The minimum absolute atomic E-state index is 0.00657. The fourth-order valence-electron chi connectivity index (χ4n) is 3.23. The largest absolute Gasteiger partial charge is 0.454 e. The zero-order valence-electron chi connectivity index (χ0n) is 18.0. The highest BCUT2D eigenvalue weighted by molar-refractivity contribution is 8.00. The first-order valence-corrected chi connectivity index (χ1v) is 11.1. The first kappa shape index (κ1) is 23.6. The predicted molar refractivity (Wildman–Crippen MR) is 128 cm³/mol. The van der Waals surface area contributed by atoms with E-state index in [2.05, 4.69) is 10.6 Å². The highest BCUT2D eigenvalue weighted by Gasteiger charge is 2.20. The highest BCUT2D eigenvalue weighted by atomic mass is 32.2. The van der Waals surface area contributed by atoms with Gasteiger partial charge in [0.25, 0.3) is 11.6 Å². The van der Waals surface area contributed by atoms with Gasteiger partial charge >= 0.3 is 0 Å². The zero-order valence-corrected chi connectivity index (χ0v) is 18.8. The molecule has 1 heterocycles. The molecule has 0 saturated heterocycles. The number of hydrogen-bond acceptors (Lipinski definition) is 8. The summed E-state index contributed by atoms with van der Waals surface area (Å²) in [5.41, 5.74) is 5.82. The molecule has 3 aromatic carbocycles. The zero-order chi connectivity index (χ0) is 24.9. The predicted octanol–water partition coefficient (Wildman–Crippen LogP) is 3.41. The lowest BCUT2D eigenvalue weighted by Crippen LogP contribution is -2.19. The third-order valence-electron chi connectivity index (χ3n) is 4.88. The van der Waals surface area contributed by atoms with Crippen LogP contribution in [0.5, 0.6) is 11.5 Å². The number of ether oxygens (including phenoxy) is 2. The normalized spacial score (nSPS) is 11.5. The monoisotopic (exact) mass is 494 g/mol. The van der Waals surface area contributed by atoms with Crippen molar-refractivity contribution in [3.05, 3.63) is 81.9 Å². The molecule has 178 valence electrons. The number of nitrogens with two attached hydrogens (primary N) is 1. The molecule has 4 N–H and O–H groups in total. The number of hydrogen-bond donors (Lipinski definition) is 3. The Balaban J connectivity index is 1.43. The average Bonchev–Trinajstić information content (AvgIpc) is 3.30. The van der Waals surface area contributed by atoms with Crippen molar-refractivity contribution in [2.75, 3.05) is 23.2 Å². The second kappa shape index (κ2) is 10.1. The van der Waals surface area contributed by atoms with Crippen molar-refractivity contribution in [1.82, 2.24) is 0 Å². The number of nitrogens with one attached hydrogen (secondary N) is 2. The van der Waals surface area contributed by atoms with Gasteiger partial charge in [-0.3, -0.25) is 24.5 Å². The van der Waals surface area contributed by atoms with E-state index in [1.807, 2.05) is 0 Å². The van der Waals surface area contributed by atoms with Crippen LogP contribution < -0.4 is 25.8 Å². The third kappa shape index (κ3) is 5.50. The number of carbonyl (C=O) groups is 3. The Labute approximate surface area is 202 Å². The molecule has 0 atom stereocenters. The molecule has 0 radical (unpaired) electrons. The number of nitro benzene ring substituents is 1. The summed E-state index contributed by atoms with van der Waals surface area (Å²) in [5.74, 6) is -0.804. The van der Waals surface area contributed by atoms with Gasteiger partial charge in [0.2, 0.25) is 18.6 Å². The van der Waals surface area contributed by atoms with Crippen molar-refractivity contribution < 1.29 is 28.8 Å². The Bertz CT molecular complexity index is 1350. The summed E-state index contributed by atoms with van der Waals surface area (Å²) in [4.78, 5) is 47.6. The number of nitro groups is 1. The lowest BCUT2D eigenvalue weighted by Gasteiger charge is -2.12. The topological polar surface area (TPSA) is 163 Å². The SMILES string of the molecule is NC(=O)c1ccc(SCC(=O)Nc2ccccc2C(=O)Nc2ccc3c(c2)OCO3)c([N+](=O)[O-])c1. The van der Waals surface area contributed by atoms with Crippen LogP contribution in [-0.4, -0.2) is 35.2 Å². The maximum Gasteiger partial charge on any atom is 0.283 e. The number of amides is 3. The maximum absolute atomic E-state index is 12.9. The molecule has 11 nitrogen and oxygen atoms in total. The van der Waals surface area contributed by atoms with E-state index in [1.165, 1.54) is 12.1 Å². The van der Waals surface area contributed by atoms with Crippen LogP contribution in [0.4, 0.5) is 17.1 Å². The first-order chi connectivity index (χ1) is 16.8. The van der Waals surface area contributed by atoms with Crippen LogP contribution in [0.15, 0.2) is 65.6 Å². The van der Waals surface area contributed by atoms with Gasteiger partial charge in [-0.25, -0.2) is 0 Å². The van der Waals surface area contributed by atoms with Crippen molar-refractivity contribution >= 4 is 46.5 Å². The van der Waals surface area contributed by atoms with E-state index >= 15 is 0 Å². The summed E-state index contributed by atoms with van der Waals surface area (Å²) in [5, 5.41) is 16.8. The summed E-state index contributed by atoms with van der Waals surface area (Å²) in [6.45, 7) is 0.109. The van der Waals surface area contributed by atoms with E-state index < -0.39 is 22.6 Å². The van der Waals surface area contributed by atoms with Crippen LogP contribution in [0.1, 0.15) is 20.7 Å². The van der Waals surface area contributed by atoms with Gasteiger partial charge in [-0.15, -0.1) is 11.8 Å². The molecule has 3 amide bonds. The van der Waals surface area contributed by atoms with Crippen molar-refractivity contribution in [3.8, 4) is 11.5 Å². The van der Waals surface area contributed by atoms with Crippen LogP contribution >= 0.6 is 11.8 Å². The first-order valence-electron chi connectivity index (χ1n) is 10.1. The van der Waals surface area contributed by atoms with E-state index in [0.29, 0.717) is 17.2 Å². The Hall–Kier alpha value is -4.58. The van der Waals surface area contributed by atoms with E-state index in [-0.39, 0.29) is 39.9 Å². The number of primary amides is 1. The van der Waals surface area contributed by atoms with Crippen LogP contribution in [0.3, 0.4) is 0 Å². The highest BCUT2D eigenvalue weighted by Crippen LogP contribution is 2.34. The van der Waals surface area contributed by atoms with E-state index in [1.54, 1.807) is 42.5 Å². The molecule has 0 spiro atoms. The van der Waals surface area contributed by atoms with E-state index in [4.69, 9.17) is 15.2 Å². The summed E-state index contributed by atoms with van der Waals surface area (Å²) in [7, 11) is 0. The van der Waals surface area contributed by atoms with Gasteiger partial charge in [0.1, 0.15) is 0 Å². The quantitative estimate of drug-likeness (QED) is 0.244. The Morgan fingerprint density at radius 3 is 2.54 bits per heavy atom. The molecule has 0 fully saturated rings. The molecule has 0 bridgehead atoms. The molecule has 0 unspecified atom stereocenters. The molecular formula is C23H18N4O7S. The lowest BCUT2D eigenvalue weighted by molar-refractivity contribution is -0.387. The molecule has 1 aliphatic heterocycles. The van der Waals surface area contributed by atoms with Crippen LogP contribution in [-0.2, 0) is 4.79 Å². The summed E-state index contributed by atoms with van der Waals surface area (Å²) < 4.78 is 10.6.